The summed E-state index contributed by atoms with van der Waals surface area (Å²) in [5.74, 6) is -0.370. The Morgan fingerprint density at radius 3 is 2.63 bits per heavy atom. The molecule has 3 aliphatic heterocycles. The molecule has 3 fully saturated rings. The Bertz CT molecular complexity index is 460. The van der Waals surface area contributed by atoms with Crippen LogP contribution in [0.2, 0.25) is 5.02 Å². The fourth-order valence-electron chi connectivity index (χ4n) is 3.14. The highest BCUT2D eigenvalue weighted by Gasteiger charge is 2.35. The Balaban J connectivity index is 1.67. The van der Waals surface area contributed by atoms with E-state index in [0.29, 0.717) is 6.04 Å². The minimum atomic E-state index is -0.370. The molecule has 3 nitrogen and oxygen atoms in total. The van der Waals surface area contributed by atoms with Crippen LogP contribution in [0.3, 0.4) is 0 Å². The lowest BCUT2D eigenvalue weighted by Gasteiger charge is -2.49. The van der Waals surface area contributed by atoms with Crippen molar-refractivity contribution in [2.45, 2.75) is 18.5 Å². The van der Waals surface area contributed by atoms with Gasteiger partial charge in [0.15, 0.2) is 0 Å². The maximum atomic E-state index is 13.1. The predicted molar refractivity (Wildman–Crippen MR) is 74.9 cm³/mol. The van der Waals surface area contributed by atoms with Crippen LogP contribution in [0.1, 0.15) is 5.56 Å². The molecule has 19 heavy (non-hydrogen) atoms. The van der Waals surface area contributed by atoms with Gasteiger partial charge in [-0.2, -0.15) is 0 Å². The molecule has 2 N–H and O–H groups in total. The van der Waals surface area contributed by atoms with Gasteiger partial charge in [-0.05, 0) is 24.1 Å². The van der Waals surface area contributed by atoms with E-state index in [2.05, 4.69) is 9.80 Å². The van der Waals surface area contributed by atoms with Crippen LogP contribution in [0.25, 0.3) is 0 Å². The van der Waals surface area contributed by atoms with E-state index in [1.807, 2.05) is 0 Å². The van der Waals surface area contributed by atoms with E-state index in [4.69, 9.17) is 17.3 Å². The Morgan fingerprint density at radius 1 is 1.32 bits per heavy atom. The highest BCUT2D eigenvalue weighted by molar-refractivity contribution is 6.30. The minimum absolute atomic E-state index is 0.0737. The average molecular weight is 284 g/mol. The van der Waals surface area contributed by atoms with Crippen molar-refractivity contribution in [2.24, 2.45) is 5.73 Å². The van der Waals surface area contributed by atoms with Crippen LogP contribution in [0.4, 0.5) is 4.39 Å². The van der Waals surface area contributed by atoms with Gasteiger partial charge in [0, 0.05) is 44.8 Å². The number of benzene rings is 1. The van der Waals surface area contributed by atoms with Gasteiger partial charge in [0.05, 0.1) is 5.02 Å². The molecular formula is C14H19ClFN3. The van der Waals surface area contributed by atoms with Crippen LogP contribution in [0.15, 0.2) is 18.2 Å². The molecule has 0 aliphatic carbocycles. The summed E-state index contributed by atoms with van der Waals surface area (Å²) in [6.45, 7) is 5.60. The van der Waals surface area contributed by atoms with Crippen LogP contribution in [0, 0.1) is 5.82 Å². The zero-order valence-corrected chi connectivity index (χ0v) is 11.6. The third kappa shape index (κ3) is 2.77. The van der Waals surface area contributed by atoms with Crippen molar-refractivity contribution >= 4 is 11.6 Å². The molecule has 2 unspecified atom stereocenters. The highest BCUT2D eigenvalue weighted by atomic mass is 35.5. The van der Waals surface area contributed by atoms with Gasteiger partial charge in [0.1, 0.15) is 5.82 Å². The van der Waals surface area contributed by atoms with Gasteiger partial charge in [-0.3, -0.25) is 9.80 Å². The molecule has 2 bridgehead atoms. The minimum Gasteiger partial charge on any atom is -0.326 e. The van der Waals surface area contributed by atoms with Crippen molar-refractivity contribution in [3.8, 4) is 0 Å². The zero-order valence-electron chi connectivity index (χ0n) is 10.9. The summed E-state index contributed by atoms with van der Waals surface area (Å²) in [4.78, 5) is 4.96. The quantitative estimate of drug-likeness (QED) is 0.909. The summed E-state index contributed by atoms with van der Waals surface area (Å²) >= 11 is 5.81. The van der Waals surface area contributed by atoms with Crippen LogP contribution in [0.5, 0.6) is 0 Å². The molecule has 3 saturated heterocycles. The Kier molecular flexibility index (Phi) is 3.76. The van der Waals surface area contributed by atoms with Crippen LogP contribution in [-0.4, -0.2) is 54.6 Å². The third-order valence-electron chi connectivity index (χ3n) is 4.27. The van der Waals surface area contributed by atoms with E-state index in [1.54, 1.807) is 12.1 Å². The maximum absolute atomic E-state index is 13.1. The average Bonchev–Trinajstić information content (AvgIpc) is 2.44. The number of nitrogens with two attached hydrogens (primary N) is 1. The van der Waals surface area contributed by atoms with Gasteiger partial charge >= 0.3 is 0 Å². The summed E-state index contributed by atoms with van der Waals surface area (Å²) in [7, 11) is 0. The summed E-state index contributed by atoms with van der Waals surface area (Å²) in [5.41, 5.74) is 7.36. The monoisotopic (exact) mass is 283 g/mol. The van der Waals surface area contributed by atoms with Gasteiger partial charge in [0.2, 0.25) is 0 Å². The second kappa shape index (κ2) is 5.37. The van der Waals surface area contributed by atoms with E-state index >= 15 is 0 Å². The molecule has 1 aromatic rings. The van der Waals surface area contributed by atoms with Crippen molar-refractivity contribution in [1.82, 2.24) is 9.80 Å². The van der Waals surface area contributed by atoms with Gasteiger partial charge in [-0.15, -0.1) is 0 Å². The zero-order chi connectivity index (χ0) is 13.4. The van der Waals surface area contributed by atoms with Gasteiger partial charge < -0.3 is 5.73 Å². The number of fused-ring (bicyclic) bond motifs is 3. The number of rotatable bonds is 3. The summed E-state index contributed by atoms with van der Waals surface area (Å²) in [6, 6.07) is 5.36. The smallest absolute Gasteiger partial charge is 0.141 e. The molecule has 0 amide bonds. The fraction of sp³-hybridized carbons (Fsp3) is 0.571. The summed E-state index contributed by atoms with van der Waals surface area (Å²) in [6.07, 6.45) is 0.745. The molecule has 3 heterocycles. The standard InChI is InChI=1S/C14H19ClFN3/c15-11-7-10(1-2-12(11)16)8-13(17)14-9-18-3-5-19(14)6-4-18/h1-2,7,13-14H,3-6,8-9,17H2. The van der Waals surface area contributed by atoms with Crippen LogP contribution in [-0.2, 0) is 6.42 Å². The van der Waals surface area contributed by atoms with Crippen molar-refractivity contribution in [2.75, 3.05) is 32.7 Å². The Morgan fingerprint density at radius 2 is 2.05 bits per heavy atom. The molecule has 0 radical (unpaired) electrons. The van der Waals surface area contributed by atoms with E-state index in [0.717, 1.165) is 44.7 Å². The van der Waals surface area contributed by atoms with E-state index in [1.165, 1.54) is 6.07 Å². The molecule has 1 aromatic carbocycles. The van der Waals surface area contributed by atoms with Crippen LogP contribution < -0.4 is 5.73 Å². The Hall–Kier alpha value is -0.680. The number of halogens is 2. The first-order valence-electron chi connectivity index (χ1n) is 6.79. The Labute approximate surface area is 118 Å². The fourth-order valence-corrected chi connectivity index (χ4v) is 3.34. The first-order chi connectivity index (χ1) is 9.13. The first kappa shape index (κ1) is 13.3. The molecular weight excluding hydrogens is 265 g/mol. The molecule has 5 heteroatoms. The topological polar surface area (TPSA) is 32.5 Å². The number of nitrogens with zero attached hydrogens (tertiary/aromatic N) is 2. The van der Waals surface area contributed by atoms with Crippen molar-refractivity contribution in [3.63, 3.8) is 0 Å². The summed E-state index contributed by atoms with van der Waals surface area (Å²) in [5, 5.41) is 0.180. The van der Waals surface area contributed by atoms with Crippen molar-refractivity contribution in [1.29, 1.82) is 0 Å². The normalized spacial score (nSPS) is 31.4. The highest BCUT2D eigenvalue weighted by Crippen LogP contribution is 2.21. The van der Waals surface area contributed by atoms with E-state index in [-0.39, 0.29) is 16.9 Å². The van der Waals surface area contributed by atoms with Crippen molar-refractivity contribution < 1.29 is 4.39 Å². The second-order valence-corrected chi connectivity index (χ2v) is 5.93. The van der Waals surface area contributed by atoms with Crippen molar-refractivity contribution in [3.05, 3.63) is 34.6 Å². The number of hydrogen-bond acceptors (Lipinski definition) is 3. The molecule has 2 atom stereocenters. The second-order valence-electron chi connectivity index (χ2n) is 5.52. The molecule has 0 spiro atoms. The molecule has 104 valence electrons. The SMILES string of the molecule is NC(Cc1ccc(F)c(Cl)c1)C1CN2CCN1CC2. The lowest BCUT2D eigenvalue weighted by Crippen LogP contribution is -2.66. The maximum Gasteiger partial charge on any atom is 0.141 e. The molecule has 3 aliphatic rings. The van der Waals surface area contributed by atoms with Crippen LogP contribution >= 0.6 is 11.6 Å². The molecule has 4 rings (SSSR count). The summed E-state index contributed by atoms with van der Waals surface area (Å²) < 4.78 is 13.1. The lowest BCUT2D eigenvalue weighted by atomic mass is 9.95. The van der Waals surface area contributed by atoms with E-state index < -0.39 is 0 Å². The lowest BCUT2D eigenvalue weighted by molar-refractivity contribution is 0.00258. The number of piperazine rings is 3. The molecule has 0 aromatic heterocycles. The number of hydrogen-bond donors (Lipinski definition) is 1. The van der Waals surface area contributed by atoms with Gasteiger partial charge in [-0.1, -0.05) is 17.7 Å². The largest absolute Gasteiger partial charge is 0.326 e. The molecule has 0 saturated carbocycles. The predicted octanol–water partition coefficient (Wildman–Crippen LogP) is 1.35. The van der Waals surface area contributed by atoms with E-state index in [9.17, 15) is 4.39 Å². The van der Waals surface area contributed by atoms with Gasteiger partial charge in [0.25, 0.3) is 0 Å². The first-order valence-corrected chi connectivity index (χ1v) is 7.17. The van der Waals surface area contributed by atoms with Gasteiger partial charge in [-0.25, -0.2) is 4.39 Å². The third-order valence-corrected chi connectivity index (χ3v) is 4.56.